The molecule has 0 bridgehead atoms. The molecule has 1 aromatic rings. The van der Waals surface area contributed by atoms with Crippen LogP contribution >= 0.6 is 0 Å². The Morgan fingerprint density at radius 3 is 2.84 bits per heavy atom. The number of carbonyl (C=O) groups excluding carboxylic acids is 1. The third-order valence-electron chi connectivity index (χ3n) is 3.11. The van der Waals surface area contributed by atoms with Gasteiger partial charge in [-0.05, 0) is 19.3 Å². The van der Waals surface area contributed by atoms with Crippen LogP contribution in [0, 0.1) is 16.0 Å². The maximum Gasteiger partial charge on any atom is 0.300 e. The summed E-state index contributed by atoms with van der Waals surface area (Å²) < 4.78 is 0. The second kappa shape index (κ2) is 5.21. The van der Waals surface area contributed by atoms with Gasteiger partial charge in [-0.1, -0.05) is 6.92 Å². The van der Waals surface area contributed by atoms with Crippen molar-refractivity contribution in [3.63, 3.8) is 0 Å². The molecule has 2 N–H and O–H groups in total. The molecule has 1 heterocycles. The zero-order valence-corrected chi connectivity index (χ0v) is 10.8. The van der Waals surface area contributed by atoms with E-state index < -0.39 is 10.8 Å². The zero-order chi connectivity index (χ0) is 14.0. The molecule has 2 unspecified atom stereocenters. The molecule has 1 aromatic heterocycles. The summed E-state index contributed by atoms with van der Waals surface area (Å²) in [7, 11) is 0. The van der Waals surface area contributed by atoms with E-state index in [4.69, 9.17) is 0 Å². The number of rotatable bonds is 5. The number of aromatic nitrogens is 1. The van der Waals surface area contributed by atoms with Crippen molar-refractivity contribution in [2.24, 2.45) is 5.92 Å². The molecule has 1 fully saturated rings. The Morgan fingerprint density at radius 1 is 1.63 bits per heavy atom. The smallest absolute Gasteiger partial charge is 0.300 e. The van der Waals surface area contributed by atoms with Gasteiger partial charge in [-0.25, -0.2) is 4.98 Å². The predicted molar refractivity (Wildman–Crippen MR) is 70.1 cm³/mol. The Morgan fingerprint density at radius 2 is 2.32 bits per heavy atom. The number of nitro groups is 1. The molecule has 1 saturated carbocycles. The molecule has 1 aliphatic carbocycles. The number of pyridine rings is 1. The van der Waals surface area contributed by atoms with Crippen molar-refractivity contribution >= 4 is 17.4 Å². The first-order chi connectivity index (χ1) is 9.02. The molecule has 0 radical (unpaired) electrons. The van der Waals surface area contributed by atoms with Crippen molar-refractivity contribution in [3.8, 4) is 0 Å². The molecule has 0 aliphatic heterocycles. The molecule has 0 spiro atoms. The van der Waals surface area contributed by atoms with Crippen molar-refractivity contribution in [1.82, 2.24) is 10.3 Å². The Balaban J connectivity index is 2.25. The van der Waals surface area contributed by atoms with Gasteiger partial charge in [-0.15, -0.1) is 0 Å². The van der Waals surface area contributed by atoms with Crippen LogP contribution in [0.3, 0.4) is 0 Å². The fourth-order valence-electron chi connectivity index (χ4n) is 1.82. The molecule has 102 valence electrons. The molecule has 7 nitrogen and oxygen atoms in total. The van der Waals surface area contributed by atoms with Gasteiger partial charge >= 0.3 is 0 Å². The van der Waals surface area contributed by atoms with E-state index in [0.717, 1.165) is 12.6 Å². The highest BCUT2D eigenvalue weighted by Gasteiger charge is 2.35. The van der Waals surface area contributed by atoms with Crippen LogP contribution in [0.5, 0.6) is 0 Å². The highest BCUT2D eigenvalue weighted by Crippen LogP contribution is 2.30. The van der Waals surface area contributed by atoms with E-state index >= 15 is 0 Å². The lowest BCUT2D eigenvalue weighted by Gasteiger charge is -2.07. The van der Waals surface area contributed by atoms with Crippen LogP contribution in [-0.4, -0.2) is 28.4 Å². The molecule has 19 heavy (non-hydrogen) atoms. The van der Waals surface area contributed by atoms with E-state index in [1.54, 1.807) is 0 Å². The first-order valence-corrected chi connectivity index (χ1v) is 6.22. The van der Waals surface area contributed by atoms with Crippen LogP contribution in [0.1, 0.15) is 30.6 Å². The van der Waals surface area contributed by atoms with Gasteiger partial charge < -0.3 is 10.6 Å². The van der Waals surface area contributed by atoms with Crippen molar-refractivity contribution in [2.75, 3.05) is 11.9 Å². The summed E-state index contributed by atoms with van der Waals surface area (Å²) in [4.78, 5) is 26.3. The summed E-state index contributed by atoms with van der Waals surface area (Å²) in [5, 5.41) is 16.6. The number of amides is 1. The predicted octanol–water partition coefficient (Wildman–Crippen LogP) is 1.56. The van der Waals surface area contributed by atoms with Crippen molar-refractivity contribution < 1.29 is 9.72 Å². The molecular formula is C12H16N4O3. The maximum atomic E-state index is 12.1. The van der Waals surface area contributed by atoms with Gasteiger partial charge in [0.25, 0.3) is 11.6 Å². The fourth-order valence-corrected chi connectivity index (χ4v) is 1.82. The summed E-state index contributed by atoms with van der Waals surface area (Å²) >= 11 is 0. The van der Waals surface area contributed by atoms with E-state index in [0.29, 0.717) is 18.3 Å². The quantitative estimate of drug-likeness (QED) is 0.621. The number of nitrogens with zero attached hydrogens (tertiary/aromatic N) is 2. The van der Waals surface area contributed by atoms with Crippen molar-refractivity contribution in [2.45, 2.75) is 26.3 Å². The highest BCUT2D eigenvalue weighted by molar-refractivity contribution is 5.99. The topological polar surface area (TPSA) is 97.2 Å². The minimum Gasteiger partial charge on any atom is -0.370 e. The third-order valence-corrected chi connectivity index (χ3v) is 3.11. The normalized spacial score (nSPS) is 20.7. The van der Waals surface area contributed by atoms with E-state index in [1.807, 2.05) is 13.8 Å². The van der Waals surface area contributed by atoms with Crippen LogP contribution in [0.15, 0.2) is 12.3 Å². The second-order valence-corrected chi connectivity index (χ2v) is 4.67. The molecule has 1 amide bonds. The van der Waals surface area contributed by atoms with Gasteiger partial charge in [0.1, 0.15) is 17.6 Å². The SMILES string of the molecule is CCNc1cc(C(=O)NC2CC2C)c([N+](=O)[O-])cn1. The average Bonchev–Trinajstić information content (AvgIpc) is 3.04. The van der Waals surface area contributed by atoms with Gasteiger partial charge in [0.05, 0.1) is 4.92 Å². The first-order valence-electron chi connectivity index (χ1n) is 6.22. The number of anilines is 1. The van der Waals surface area contributed by atoms with Crippen LogP contribution < -0.4 is 10.6 Å². The van der Waals surface area contributed by atoms with E-state index in [-0.39, 0.29) is 17.3 Å². The Kier molecular flexibility index (Phi) is 3.64. The number of hydrogen-bond acceptors (Lipinski definition) is 5. The van der Waals surface area contributed by atoms with Crippen LogP contribution in [0.25, 0.3) is 0 Å². The first kappa shape index (κ1) is 13.3. The van der Waals surface area contributed by atoms with Gasteiger partial charge in [-0.3, -0.25) is 14.9 Å². The summed E-state index contributed by atoms with van der Waals surface area (Å²) in [5.41, 5.74) is -0.220. The minimum atomic E-state index is -0.589. The average molecular weight is 264 g/mol. The number of hydrogen-bond donors (Lipinski definition) is 2. The monoisotopic (exact) mass is 264 g/mol. The van der Waals surface area contributed by atoms with Crippen LogP contribution in [0.4, 0.5) is 11.5 Å². The molecule has 7 heteroatoms. The second-order valence-electron chi connectivity index (χ2n) is 4.67. The van der Waals surface area contributed by atoms with Gasteiger partial charge in [-0.2, -0.15) is 0 Å². The zero-order valence-electron chi connectivity index (χ0n) is 10.8. The molecule has 0 saturated heterocycles. The van der Waals surface area contributed by atoms with E-state index in [9.17, 15) is 14.9 Å². The number of carbonyl (C=O) groups is 1. The molecular weight excluding hydrogens is 248 g/mol. The third kappa shape index (κ3) is 2.98. The minimum absolute atomic E-state index is 0.0510. The fraction of sp³-hybridized carbons (Fsp3) is 0.500. The van der Waals surface area contributed by atoms with Crippen LogP contribution in [-0.2, 0) is 0 Å². The molecule has 2 rings (SSSR count). The van der Waals surface area contributed by atoms with Crippen molar-refractivity contribution in [1.29, 1.82) is 0 Å². The maximum absolute atomic E-state index is 12.1. The Bertz CT molecular complexity index is 518. The van der Waals surface area contributed by atoms with E-state index in [2.05, 4.69) is 15.6 Å². The molecule has 1 aliphatic rings. The van der Waals surface area contributed by atoms with Gasteiger partial charge in [0, 0.05) is 18.7 Å². The Labute approximate surface area is 110 Å². The number of nitrogens with one attached hydrogen (secondary N) is 2. The standard InChI is InChI=1S/C12H16N4O3/c1-3-13-11-5-8(10(6-14-11)16(18)19)12(17)15-9-4-7(9)2/h5-7,9H,3-4H2,1-2H3,(H,13,14)(H,15,17). The van der Waals surface area contributed by atoms with Gasteiger partial charge in [0.2, 0.25) is 0 Å². The van der Waals surface area contributed by atoms with E-state index in [1.165, 1.54) is 6.07 Å². The Hall–Kier alpha value is -2.18. The highest BCUT2D eigenvalue weighted by atomic mass is 16.6. The summed E-state index contributed by atoms with van der Waals surface area (Å²) in [6.45, 7) is 4.54. The largest absolute Gasteiger partial charge is 0.370 e. The summed E-state index contributed by atoms with van der Waals surface area (Å²) in [6.07, 6.45) is 2.04. The lowest BCUT2D eigenvalue weighted by molar-refractivity contribution is -0.385. The molecule has 0 aromatic carbocycles. The van der Waals surface area contributed by atoms with Crippen LogP contribution in [0.2, 0.25) is 0 Å². The van der Waals surface area contributed by atoms with Crippen molar-refractivity contribution in [3.05, 3.63) is 27.9 Å². The lowest BCUT2D eigenvalue weighted by Crippen LogP contribution is -2.27. The summed E-state index contributed by atoms with van der Waals surface area (Å²) in [6, 6.07) is 1.55. The van der Waals surface area contributed by atoms with Gasteiger partial charge in [0.15, 0.2) is 0 Å². The summed E-state index contributed by atoms with van der Waals surface area (Å²) in [5.74, 6) is 0.489. The lowest BCUT2D eigenvalue weighted by atomic mass is 10.2. The molecule has 2 atom stereocenters.